The molecule has 1 fully saturated rings. The van der Waals surface area contributed by atoms with Crippen molar-refractivity contribution in [3.63, 3.8) is 0 Å². The monoisotopic (exact) mass is 295 g/mol. The molecule has 1 aliphatic carbocycles. The Bertz CT molecular complexity index is 536. The molecule has 2 rings (SSSR count). The van der Waals surface area contributed by atoms with Gasteiger partial charge in [0.15, 0.2) is 0 Å². The van der Waals surface area contributed by atoms with E-state index < -0.39 is 10.0 Å². The Morgan fingerprint density at radius 2 is 1.80 bits per heavy atom. The van der Waals surface area contributed by atoms with Gasteiger partial charge in [-0.25, -0.2) is 13.1 Å². The van der Waals surface area contributed by atoms with Gasteiger partial charge >= 0.3 is 0 Å². The highest BCUT2D eigenvalue weighted by atomic mass is 32.2. The molecule has 112 valence electrons. The summed E-state index contributed by atoms with van der Waals surface area (Å²) in [5.41, 5.74) is 1.16. The first-order chi connectivity index (χ1) is 9.44. The third kappa shape index (κ3) is 3.41. The highest BCUT2D eigenvalue weighted by Gasteiger charge is 2.30. The number of sulfonamides is 1. The lowest BCUT2D eigenvalue weighted by atomic mass is 9.78. The van der Waals surface area contributed by atoms with Crippen LogP contribution in [0, 0.1) is 11.8 Å². The lowest BCUT2D eigenvalue weighted by Gasteiger charge is -2.34. The van der Waals surface area contributed by atoms with Crippen molar-refractivity contribution in [3.8, 4) is 0 Å². The second-order valence-electron chi connectivity index (χ2n) is 5.99. The number of nitrogens with one attached hydrogen (secondary N) is 1. The third-order valence-electron chi connectivity index (χ3n) is 4.66. The molecule has 0 heterocycles. The van der Waals surface area contributed by atoms with Crippen molar-refractivity contribution in [2.45, 2.75) is 57.4 Å². The summed E-state index contributed by atoms with van der Waals surface area (Å²) in [4.78, 5) is 0.375. The van der Waals surface area contributed by atoms with Crippen molar-refractivity contribution < 1.29 is 8.42 Å². The second kappa shape index (κ2) is 6.27. The number of hydrogen-bond acceptors (Lipinski definition) is 2. The minimum Gasteiger partial charge on any atom is -0.208 e. The van der Waals surface area contributed by atoms with Crippen molar-refractivity contribution in [3.05, 3.63) is 29.8 Å². The highest BCUT2D eigenvalue weighted by Crippen LogP contribution is 2.30. The number of rotatable bonds is 4. The van der Waals surface area contributed by atoms with Crippen LogP contribution < -0.4 is 4.72 Å². The van der Waals surface area contributed by atoms with Gasteiger partial charge in [0.25, 0.3) is 0 Å². The van der Waals surface area contributed by atoms with Crippen molar-refractivity contribution in [2.75, 3.05) is 0 Å². The van der Waals surface area contributed by atoms with Crippen LogP contribution in [0.1, 0.15) is 45.6 Å². The van der Waals surface area contributed by atoms with Gasteiger partial charge in [-0.15, -0.1) is 0 Å². The van der Waals surface area contributed by atoms with Gasteiger partial charge in [-0.05, 0) is 42.4 Å². The lowest BCUT2D eigenvalue weighted by Crippen LogP contribution is -2.43. The summed E-state index contributed by atoms with van der Waals surface area (Å²) in [6.07, 6.45) is 4.17. The van der Waals surface area contributed by atoms with Gasteiger partial charge in [0.2, 0.25) is 10.0 Å². The van der Waals surface area contributed by atoms with Crippen molar-refractivity contribution in [2.24, 2.45) is 11.8 Å². The molecule has 20 heavy (non-hydrogen) atoms. The van der Waals surface area contributed by atoms with Gasteiger partial charge in [-0.2, -0.15) is 0 Å². The van der Waals surface area contributed by atoms with E-state index in [0.29, 0.717) is 16.7 Å². The Labute approximate surface area is 122 Å². The van der Waals surface area contributed by atoms with E-state index in [1.165, 1.54) is 6.42 Å². The maximum Gasteiger partial charge on any atom is 0.240 e. The first-order valence-corrected chi connectivity index (χ1v) is 9.03. The van der Waals surface area contributed by atoms with E-state index in [1.807, 2.05) is 12.1 Å². The van der Waals surface area contributed by atoms with E-state index in [0.717, 1.165) is 24.8 Å². The lowest BCUT2D eigenvalue weighted by molar-refractivity contribution is 0.227. The van der Waals surface area contributed by atoms with Gasteiger partial charge < -0.3 is 0 Å². The Balaban J connectivity index is 2.13. The standard InChI is InChI=1S/C16H25NO2S/c1-4-14-8-10-15(11-9-14)20(18,19)17-16-7-5-6-12(2)13(16)3/h8-13,16-17H,4-7H2,1-3H3/t12-,13-,16+/m0/s1. The van der Waals surface area contributed by atoms with Crippen LogP contribution in [-0.4, -0.2) is 14.5 Å². The van der Waals surface area contributed by atoms with Crippen LogP contribution in [0.4, 0.5) is 0 Å². The fraction of sp³-hybridized carbons (Fsp3) is 0.625. The Kier molecular flexibility index (Phi) is 4.86. The highest BCUT2D eigenvalue weighted by molar-refractivity contribution is 7.89. The van der Waals surface area contributed by atoms with Crippen molar-refractivity contribution in [1.82, 2.24) is 4.72 Å². The zero-order valence-electron chi connectivity index (χ0n) is 12.6. The van der Waals surface area contributed by atoms with Gasteiger partial charge in [0.1, 0.15) is 0 Å². The molecule has 0 bridgehead atoms. The molecule has 0 aromatic heterocycles. The molecule has 0 aliphatic heterocycles. The summed E-state index contributed by atoms with van der Waals surface area (Å²) in [5, 5.41) is 0. The van der Waals surface area contributed by atoms with E-state index in [1.54, 1.807) is 12.1 Å². The summed E-state index contributed by atoms with van der Waals surface area (Å²) in [7, 11) is -3.39. The van der Waals surface area contributed by atoms with E-state index in [9.17, 15) is 8.42 Å². The van der Waals surface area contributed by atoms with E-state index in [4.69, 9.17) is 0 Å². The summed E-state index contributed by atoms with van der Waals surface area (Å²) in [6.45, 7) is 6.42. The Morgan fingerprint density at radius 1 is 1.15 bits per heavy atom. The average Bonchev–Trinajstić information content (AvgIpc) is 2.44. The smallest absolute Gasteiger partial charge is 0.208 e. The first-order valence-electron chi connectivity index (χ1n) is 7.55. The molecule has 1 aromatic rings. The van der Waals surface area contributed by atoms with Crippen molar-refractivity contribution in [1.29, 1.82) is 0 Å². The summed E-state index contributed by atoms with van der Waals surface area (Å²) in [5.74, 6) is 0.979. The van der Waals surface area contributed by atoms with Gasteiger partial charge in [-0.3, -0.25) is 0 Å². The van der Waals surface area contributed by atoms with Crippen LogP contribution in [0.3, 0.4) is 0 Å². The van der Waals surface area contributed by atoms with Crippen LogP contribution in [0.5, 0.6) is 0 Å². The third-order valence-corrected chi connectivity index (χ3v) is 6.16. The molecule has 0 amide bonds. The molecular weight excluding hydrogens is 270 g/mol. The molecule has 1 saturated carbocycles. The van der Waals surface area contributed by atoms with Crippen LogP contribution in [-0.2, 0) is 16.4 Å². The molecule has 0 spiro atoms. The predicted molar refractivity (Wildman–Crippen MR) is 82.1 cm³/mol. The molecule has 3 atom stereocenters. The van der Waals surface area contributed by atoms with Gasteiger partial charge in [0.05, 0.1) is 4.90 Å². The second-order valence-corrected chi connectivity index (χ2v) is 7.71. The molecule has 0 unspecified atom stereocenters. The summed E-state index contributed by atoms with van der Waals surface area (Å²) in [6, 6.07) is 7.26. The zero-order valence-corrected chi connectivity index (χ0v) is 13.4. The van der Waals surface area contributed by atoms with E-state index in [-0.39, 0.29) is 6.04 Å². The fourth-order valence-electron chi connectivity index (χ4n) is 2.92. The maximum absolute atomic E-state index is 12.4. The van der Waals surface area contributed by atoms with Crippen molar-refractivity contribution >= 4 is 10.0 Å². The van der Waals surface area contributed by atoms with Crippen LogP contribution in [0.2, 0.25) is 0 Å². The molecule has 4 heteroatoms. The molecule has 1 aromatic carbocycles. The van der Waals surface area contributed by atoms with E-state index in [2.05, 4.69) is 25.5 Å². The molecule has 1 aliphatic rings. The minimum atomic E-state index is -3.39. The van der Waals surface area contributed by atoms with Crippen LogP contribution >= 0.6 is 0 Å². The Morgan fingerprint density at radius 3 is 2.40 bits per heavy atom. The quantitative estimate of drug-likeness (QED) is 0.926. The Hall–Kier alpha value is -0.870. The molecule has 1 N–H and O–H groups in total. The minimum absolute atomic E-state index is 0.0644. The molecule has 3 nitrogen and oxygen atoms in total. The topological polar surface area (TPSA) is 46.2 Å². The van der Waals surface area contributed by atoms with Crippen LogP contribution in [0.15, 0.2) is 29.2 Å². The number of benzene rings is 1. The first kappa shape index (κ1) is 15.5. The summed E-state index contributed by atoms with van der Waals surface area (Å²) < 4.78 is 27.8. The fourth-order valence-corrected chi connectivity index (χ4v) is 4.28. The largest absolute Gasteiger partial charge is 0.240 e. The maximum atomic E-state index is 12.4. The SMILES string of the molecule is CCc1ccc(S(=O)(=O)N[C@@H]2CCC[C@H](C)[C@@H]2C)cc1. The normalized spacial score (nSPS) is 27.4. The predicted octanol–water partition coefficient (Wildman–Crippen LogP) is 3.35. The average molecular weight is 295 g/mol. The van der Waals surface area contributed by atoms with Gasteiger partial charge in [-0.1, -0.05) is 45.7 Å². The van der Waals surface area contributed by atoms with Gasteiger partial charge in [0, 0.05) is 6.04 Å². The molecule has 0 saturated heterocycles. The van der Waals surface area contributed by atoms with Crippen LogP contribution in [0.25, 0.3) is 0 Å². The molecule has 0 radical (unpaired) electrons. The van der Waals surface area contributed by atoms with E-state index >= 15 is 0 Å². The zero-order chi connectivity index (χ0) is 14.8. The summed E-state index contributed by atoms with van der Waals surface area (Å²) >= 11 is 0. The number of aryl methyl sites for hydroxylation is 1. The number of hydrogen-bond donors (Lipinski definition) is 1. The molecular formula is C16H25NO2S.